The van der Waals surface area contributed by atoms with Gasteiger partial charge in [-0.25, -0.2) is 24.1 Å². The molecule has 2 aromatic heterocycles. The number of aromatic nitrogens is 4. The number of nitrogens with two attached hydrogens (primary N) is 2. The number of rotatable bonds is 11. The molecule has 1 amide bonds. The molecule has 0 radical (unpaired) electrons. The van der Waals surface area contributed by atoms with E-state index in [0.29, 0.717) is 0 Å². The summed E-state index contributed by atoms with van der Waals surface area (Å²) in [4.78, 5) is 44.5. The van der Waals surface area contributed by atoms with Gasteiger partial charge in [0.15, 0.2) is 23.9 Å². The van der Waals surface area contributed by atoms with Gasteiger partial charge in [-0.1, -0.05) is 0 Å². The second-order valence-corrected chi connectivity index (χ2v) is 13.3. The molecule has 11 atom stereocenters. The first kappa shape index (κ1) is 33.7. The van der Waals surface area contributed by atoms with Gasteiger partial charge in [0, 0.05) is 11.8 Å². The molecule has 5 heterocycles. The van der Waals surface area contributed by atoms with Crippen LogP contribution < -0.4 is 11.5 Å². The van der Waals surface area contributed by atoms with Crippen LogP contribution >= 0.6 is 15.6 Å². The predicted molar refractivity (Wildman–Crippen MR) is 143 cm³/mol. The number of hydrogen-bond donors (Lipinski definition) is 9. The van der Waals surface area contributed by atoms with E-state index >= 15 is 0 Å². The zero-order chi connectivity index (χ0) is 32.8. The van der Waals surface area contributed by atoms with E-state index in [4.69, 9.17) is 25.5 Å². The largest absolute Gasteiger partial charge is 0.481 e. The van der Waals surface area contributed by atoms with Gasteiger partial charge in [0.25, 0.3) is 0 Å². The number of imidazole rings is 1. The lowest BCUT2D eigenvalue weighted by molar-refractivity contribution is -0.137. The molecule has 22 nitrogen and oxygen atoms in total. The quantitative estimate of drug-likeness (QED) is 0.104. The number of phosphoric acid groups is 2. The fourth-order valence-corrected chi connectivity index (χ4v) is 7.06. The molecule has 2 saturated heterocycles. The number of fused-ring (bicyclic) bond motifs is 1. The molecule has 0 saturated carbocycles. The Balaban J connectivity index is 1.15. The highest BCUT2D eigenvalue weighted by atomic mass is 31.3. The number of phosphoric ester groups is 2. The third-order valence-corrected chi connectivity index (χ3v) is 9.88. The van der Waals surface area contributed by atoms with E-state index in [-0.39, 0.29) is 35.4 Å². The molecule has 3 aliphatic rings. The van der Waals surface area contributed by atoms with Crippen LogP contribution in [0.2, 0.25) is 0 Å². The van der Waals surface area contributed by atoms with Gasteiger partial charge < -0.3 is 61.2 Å². The minimum Gasteiger partial charge on any atom is -0.387 e. The first-order valence-corrected chi connectivity index (χ1v) is 16.2. The molecule has 250 valence electrons. The van der Waals surface area contributed by atoms with Gasteiger partial charge in [0.1, 0.15) is 54.7 Å². The van der Waals surface area contributed by atoms with Crippen LogP contribution in [-0.2, 0) is 36.8 Å². The van der Waals surface area contributed by atoms with Gasteiger partial charge in [-0.15, -0.1) is 0 Å². The van der Waals surface area contributed by atoms with Gasteiger partial charge >= 0.3 is 15.6 Å². The van der Waals surface area contributed by atoms with Crippen LogP contribution in [0, 0.1) is 0 Å². The molecular formula is C21H31N7O15P2. The molecule has 3 unspecified atom stereocenters. The Bertz CT molecular complexity index is 1550. The van der Waals surface area contributed by atoms with Crippen molar-refractivity contribution < 1.29 is 72.1 Å². The van der Waals surface area contributed by atoms with E-state index in [9.17, 15) is 49.2 Å². The summed E-state index contributed by atoms with van der Waals surface area (Å²) in [5.74, 6) is -0.728. The van der Waals surface area contributed by atoms with Crippen molar-refractivity contribution >= 4 is 38.5 Å². The van der Waals surface area contributed by atoms with Gasteiger partial charge in [0.05, 0.1) is 19.5 Å². The third kappa shape index (κ3) is 7.04. The number of aliphatic hydroxyl groups excluding tert-OH is 5. The van der Waals surface area contributed by atoms with Crippen molar-refractivity contribution in [2.45, 2.75) is 68.1 Å². The molecular weight excluding hydrogens is 652 g/mol. The van der Waals surface area contributed by atoms with Crippen molar-refractivity contribution in [3.8, 4) is 0 Å². The Morgan fingerprint density at radius 1 is 0.933 bits per heavy atom. The molecule has 11 N–H and O–H groups in total. The van der Waals surface area contributed by atoms with Crippen LogP contribution in [0.1, 0.15) is 19.1 Å². The zero-order valence-corrected chi connectivity index (χ0v) is 24.7. The molecule has 0 aliphatic carbocycles. The normalized spacial score (nSPS) is 34.9. The van der Waals surface area contributed by atoms with Crippen molar-refractivity contribution in [2.75, 3.05) is 18.9 Å². The summed E-state index contributed by atoms with van der Waals surface area (Å²) >= 11 is 0. The van der Waals surface area contributed by atoms with Crippen molar-refractivity contribution in [1.29, 1.82) is 0 Å². The number of primary amides is 1. The van der Waals surface area contributed by atoms with Crippen LogP contribution in [0.5, 0.6) is 0 Å². The summed E-state index contributed by atoms with van der Waals surface area (Å²) in [6, 6.07) is 0. The minimum atomic E-state index is -5.41. The summed E-state index contributed by atoms with van der Waals surface area (Å²) in [6.07, 6.45) is -9.86. The van der Waals surface area contributed by atoms with Gasteiger partial charge in [-0.2, -0.15) is 4.31 Å². The maximum atomic E-state index is 12.4. The highest BCUT2D eigenvalue weighted by Crippen LogP contribution is 2.60. The number of nitrogen functional groups attached to an aromatic ring is 1. The van der Waals surface area contributed by atoms with Crippen molar-refractivity contribution in [3.05, 3.63) is 24.4 Å². The standard InChI is InChI=1S/C21H31N7O15P2/c22-17-12-19(25-6-24-17)28(7-26-12)21-16(33)14(31)10(42-21)5-40-45(37,38)43-44(35,36)39-4-9-13(30)15(32)20(41-9)27-3-8(18(23)34)1-2-11(27)29/h3,6-7,9-11,13-16,20-21,29-33H,1-2,4-5H2,(H2,23,34)(H,35,36)(H,37,38)(H2,22,24,25)/t9-,10-,11?,13-,14-,15-,16-,20-,21-/m1/s1. The number of nitrogens with zero attached hydrogens (tertiary/aromatic N) is 5. The molecule has 24 heteroatoms. The van der Waals surface area contributed by atoms with Crippen LogP contribution in [0.4, 0.5) is 5.82 Å². The molecule has 0 spiro atoms. The summed E-state index contributed by atoms with van der Waals surface area (Å²) in [7, 11) is -10.8. The molecule has 2 aromatic rings. The topological polar surface area (TPSA) is 338 Å². The number of anilines is 1. The Labute approximate surface area is 252 Å². The number of carbonyl (C=O) groups excluding carboxylic acids is 1. The second-order valence-electron chi connectivity index (χ2n) is 10.3. The lowest BCUT2D eigenvalue weighted by Gasteiger charge is -2.36. The van der Waals surface area contributed by atoms with Gasteiger partial charge in [-0.3, -0.25) is 18.4 Å². The Morgan fingerprint density at radius 3 is 2.11 bits per heavy atom. The molecule has 0 bridgehead atoms. The highest BCUT2D eigenvalue weighted by molar-refractivity contribution is 7.61. The molecule has 45 heavy (non-hydrogen) atoms. The monoisotopic (exact) mass is 683 g/mol. The summed E-state index contributed by atoms with van der Waals surface area (Å²) in [5, 5.41) is 52.0. The number of ether oxygens (including phenoxy) is 2. The van der Waals surface area contributed by atoms with Crippen molar-refractivity contribution in [3.63, 3.8) is 0 Å². The summed E-state index contributed by atoms with van der Waals surface area (Å²) in [6.45, 7) is -1.87. The zero-order valence-electron chi connectivity index (χ0n) is 22.9. The summed E-state index contributed by atoms with van der Waals surface area (Å²) < 4.78 is 50.8. The van der Waals surface area contributed by atoms with Crippen molar-refractivity contribution in [2.24, 2.45) is 5.73 Å². The highest BCUT2D eigenvalue weighted by Gasteiger charge is 2.49. The Kier molecular flexibility index (Phi) is 9.63. The van der Waals surface area contributed by atoms with Crippen molar-refractivity contribution in [1.82, 2.24) is 24.4 Å². The van der Waals surface area contributed by atoms with E-state index in [1.54, 1.807) is 0 Å². The average Bonchev–Trinajstić information content (AvgIpc) is 3.61. The van der Waals surface area contributed by atoms with E-state index in [2.05, 4.69) is 23.8 Å². The first-order valence-electron chi connectivity index (χ1n) is 13.2. The molecule has 2 fully saturated rings. The summed E-state index contributed by atoms with van der Waals surface area (Å²) in [5.41, 5.74) is 11.5. The first-order chi connectivity index (χ1) is 21.1. The lowest BCUT2D eigenvalue weighted by Crippen LogP contribution is -2.48. The van der Waals surface area contributed by atoms with Crippen LogP contribution in [0.15, 0.2) is 24.4 Å². The molecule has 5 rings (SSSR count). The fourth-order valence-electron chi connectivity index (χ4n) is 4.97. The Morgan fingerprint density at radius 2 is 1.51 bits per heavy atom. The maximum absolute atomic E-state index is 12.4. The maximum Gasteiger partial charge on any atom is 0.481 e. The minimum absolute atomic E-state index is 0.0439. The van der Waals surface area contributed by atoms with Gasteiger partial charge in [-0.05, 0) is 12.8 Å². The lowest BCUT2D eigenvalue weighted by atomic mass is 10.0. The SMILES string of the molecule is NC(=O)C1=CN([C@@H]2O[C@H](COP(=O)(O)OP(=O)(O)OC[C@H]3O[C@@H](n4cnc5c(N)ncnc54)[C@H](O)[C@@H]3O)[C@@H](O)[C@H]2O)C(O)CC1. The van der Waals surface area contributed by atoms with Gasteiger partial charge in [0.2, 0.25) is 5.91 Å². The average molecular weight is 683 g/mol. The molecule has 3 aliphatic heterocycles. The van der Waals surface area contributed by atoms with E-state index in [1.807, 2.05) is 0 Å². The fraction of sp³-hybridized carbons (Fsp3) is 0.619. The smallest absolute Gasteiger partial charge is 0.387 e. The number of hydrogen-bond acceptors (Lipinski definition) is 18. The number of carbonyl (C=O) groups is 1. The van der Waals surface area contributed by atoms with Crippen LogP contribution in [0.25, 0.3) is 11.2 Å². The number of amides is 1. The van der Waals surface area contributed by atoms with Crippen LogP contribution in [-0.4, -0.2) is 128 Å². The van der Waals surface area contributed by atoms with Crippen LogP contribution in [0.3, 0.4) is 0 Å². The number of aliphatic hydroxyl groups is 5. The van der Waals surface area contributed by atoms with E-state index < -0.39 is 90.1 Å². The second kappa shape index (κ2) is 12.9. The van der Waals surface area contributed by atoms with E-state index in [1.165, 1.54) is 10.9 Å². The Hall–Kier alpha value is -2.66. The third-order valence-electron chi connectivity index (χ3n) is 7.28. The predicted octanol–water partition coefficient (Wildman–Crippen LogP) is -3.49. The molecule has 0 aromatic carbocycles. The van der Waals surface area contributed by atoms with E-state index in [0.717, 1.165) is 17.4 Å².